The van der Waals surface area contributed by atoms with Gasteiger partial charge in [-0.05, 0) is 41.5 Å². The van der Waals surface area contributed by atoms with Gasteiger partial charge in [-0.15, -0.1) is 0 Å². The summed E-state index contributed by atoms with van der Waals surface area (Å²) in [5.74, 6) is 0.0517. The fraction of sp³-hybridized carbons (Fsp3) is 0.100. The molecule has 0 radical (unpaired) electrons. The number of phenols is 1. The third kappa shape index (κ3) is 4.49. The molecule has 140 valence electrons. The van der Waals surface area contributed by atoms with Crippen molar-refractivity contribution in [3.05, 3.63) is 81.8 Å². The minimum Gasteiger partial charge on any atom is -0.504 e. The third-order valence-corrected chi connectivity index (χ3v) is 4.45. The van der Waals surface area contributed by atoms with E-state index in [1.165, 1.54) is 18.2 Å². The van der Waals surface area contributed by atoms with E-state index >= 15 is 0 Å². The molecule has 3 aromatic rings. The highest BCUT2D eigenvalue weighted by atomic mass is 35.5. The molecule has 27 heavy (non-hydrogen) atoms. The summed E-state index contributed by atoms with van der Waals surface area (Å²) in [7, 11) is 0. The average molecular weight is 413 g/mol. The maximum atomic E-state index is 13.0. The highest BCUT2D eigenvalue weighted by Gasteiger charge is 2.33. The lowest BCUT2D eigenvalue weighted by Gasteiger charge is -2.15. The SMILES string of the molecule is Oc1cccc(-c2ccc(Cl)cc2)c1OCc1ccc(Cl)c(C(F)(F)F)c1. The maximum absolute atomic E-state index is 13.0. The number of benzene rings is 3. The topological polar surface area (TPSA) is 29.5 Å². The van der Waals surface area contributed by atoms with Crippen LogP contribution in [0.3, 0.4) is 0 Å². The number of hydrogen-bond acceptors (Lipinski definition) is 2. The first-order valence-electron chi connectivity index (χ1n) is 7.82. The summed E-state index contributed by atoms with van der Waals surface area (Å²) >= 11 is 11.5. The molecule has 0 spiro atoms. The van der Waals surface area contributed by atoms with Crippen molar-refractivity contribution in [2.24, 2.45) is 0 Å². The first-order valence-corrected chi connectivity index (χ1v) is 8.57. The van der Waals surface area contributed by atoms with Gasteiger partial charge in [-0.2, -0.15) is 13.2 Å². The second kappa shape index (κ2) is 7.71. The Morgan fingerprint density at radius 3 is 2.30 bits per heavy atom. The van der Waals surface area contributed by atoms with E-state index in [1.807, 2.05) is 0 Å². The highest BCUT2D eigenvalue weighted by Crippen LogP contribution is 2.39. The lowest BCUT2D eigenvalue weighted by molar-refractivity contribution is -0.137. The Morgan fingerprint density at radius 1 is 0.926 bits per heavy atom. The van der Waals surface area contributed by atoms with E-state index in [9.17, 15) is 18.3 Å². The molecule has 0 saturated heterocycles. The summed E-state index contributed by atoms with van der Waals surface area (Å²) in [5, 5.41) is 10.3. The molecule has 0 heterocycles. The zero-order valence-corrected chi connectivity index (χ0v) is 15.2. The summed E-state index contributed by atoms with van der Waals surface area (Å²) in [4.78, 5) is 0. The Hall–Kier alpha value is -2.37. The molecule has 0 saturated carbocycles. The molecule has 0 aliphatic carbocycles. The molecule has 3 aromatic carbocycles. The molecule has 2 nitrogen and oxygen atoms in total. The molecule has 0 aliphatic heterocycles. The summed E-state index contributed by atoms with van der Waals surface area (Å²) in [6, 6.07) is 15.3. The van der Waals surface area contributed by atoms with Crippen molar-refractivity contribution in [3.8, 4) is 22.6 Å². The first kappa shape index (κ1) is 19.4. The largest absolute Gasteiger partial charge is 0.504 e. The van der Waals surface area contributed by atoms with Crippen LogP contribution in [0, 0.1) is 0 Å². The van der Waals surface area contributed by atoms with Crippen LogP contribution in [0.2, 0.25) is 10.0 Å². The van der Waals surface area contributed by atoms with Gasteiger partial charge in [0.1, 0.15) is 6.61 Å². The number of halogens is 5. The zero-order chi connectivity index (χ0) is 19.6. The number of rotatable bonds is 4. The van der Waals surface area contributed by atoms with Crippen molar-refractivity contribution in [3.63, 3.8) is 0 Å². The van der Waals surface area contributed by atoms with Gasteiger partial charge in [-0.3, -0.25) is 0 Å². The van der Waals surface area contributed by atoms with E-state index in [1.54, 1.807) is 36.4 Å². The molecule has 0 aliphatic rings. The monoisotopic (exact) mass is 412 g/mol. The van der Waals surface area contributed by atoms with Crippen molar-refractivity contribution in [1.82, 2.24) is 0 Å². The lowest BCUT2D eigenvalue weighted by atomic mass is 10.0. The number of para-hydroxylation sites is 1. The standard InChI is InChI=1S/C20H13Cl2F3O2/c21-14-7-5-13(6-8-14)15-2-1-3-18(26)19(15)27-11-12-4-9-17(22)16(10-12)20(23,24)25/h1-10,26H,11H2. The predicted octanol–water partition coefficient (Wildman–Crippen LogP) is 6.96. The fourth-order valence-electron chi connectivity index (χ4n) is 2.57. The van der Waals surface area contributed by atoms with E-state index in [2.05, 4.69) is 0 Å². The smallest absolute Gasteiger partial charge is 0.417 e. The lowest BCUT2D eigenvalue weighted by Crippen LogP contribution is -2.07. The van der Waals surface area contributed by atoms with Crippen LogP contribution < -0.4 is 4.74 Å². The molecule has 1 N–H and O–H groups in total. The van der Waals surface area contributed by atoms with Gasteiger partial charge in [0.05, 0.1) is 10.6 Å². The van der Waals surface area contributed by atoms with Crippen LogP contribution in [-0.2, 0) is 12.8 Å². The van der Waals surface area contributed by atoms with Crippen molar-refractivity contribution >= 4 is 23.2 Å². The van der Waals surface area contributed by atoms with Gasteiger partial charge in [0.15, 0.2) is 11.5 Å². The van der Waals surface area contributed by atoms with Crippen LogP contribution in [0.5, 0.6) is 11.5 Å². The summed E-state index contributed by atoms with van der Waals surface area (Å²) < 4.78 is 44.6. The van der Waals surface area contributed by atoms with E-state index < -0.39 is 11.7 Å². The molecule has 0 atom stereocenters. The quantitative estimate of drug-likeness (QED) is 0.501. The van der Waals surface area contributed by atoms with Crippen LogP contribution in [0.25, 0.3) is 11.1 Å². The Balaban J connectivity index is 1.90. The molecule has 0 unspecified atom stereocenters. The van der Waals surface area contributed by atoms with Crippen LogP contribution in [-0.4, -0.2) is 5.11 Å². The van der Waals surface area contributed by atoms with Crippen molar-refractivity contribution < 1.29 is 23.0 Å². The number of phenolic OH excluding ortho intramolecular Hbond substituents is 1. The minimum absolute atomic E-state index is 0.118. The van der Waals surface area contributed by atoms with Crippen LogP contribution in [0.15, 0.2) is 60.7 Å². The molecule has 0 amide bonds. The number of hydrogen-bond donors (Lipinski definition) is 1. The zero-order valence-electron chi connectivity index (χ0n) is 13.7. The van der Waals surface area contributed by atoms with Crippen LogP contribution in [0.1, 0.15) is 11.1 Å². The van der Waals surface area contributed by atoms with Gasteiger partial charge >= 0.3 is 6.18 Å². The second-order valence-electron chi connectivity index (χ2n) is 5.76. The summed E-state index contributed by atoms with van der Waals surface area (Å²) in [6.07, 6.45) is -4.56. The molecular weight excluding hydrogens is 400 g/mol. The van der Waals surface area contributed by atoms with Gasteiger partial charge in [0, 0.05) is 10.6 Å². The molecule has 3 rings (SSSR count). The fourth-order valence-corrected chi connectivity index (χ4v) is 2.92. The Bertz CT molecular complexity index is 954. The third-order valence-electron chi connectivity index (χ3n) is 3.87. The van der Waals surface area contributed by atoms with Gasteiger partial charge < -0.3 is 9.84 Å². The van der Waals surface area contributed by atoms with Crippen LogP contribution >= 0.6 is 23.2 Å². The Morgan fingerprint density at radius 2 is 1.63 bits per heavy atom. The molecule has 0 fully saturated rings. The molecular formula is C20H13Cl2F3O2. The van der Waals surface area contributed by atoms with E-state index in [-0.39, 0.29) is 28.7 Å². The average Bonchev–Trinajstić information content (AvgIpc) is 2.61. The van der Waals surface area contributed by atoms with Gasteiger partial charge in [-0.25, -0.2) is 0 Å². The highest BCUT2D eigenvalue weighted by molar-refractivity contribution is 6.31. The van der Waals surface area contributed by atoms with Gasteiger partial charge in [0.2, 0.25) is 0 Å². The number of aromatic hydroxyl groups is 1. The molecule has 0 bridgehead atoms. The Kier molecular flexibility index (Phi) is 5.53. The summed E-state index contributed by atoms with van der Waals surface area (Å²) in [5.41, 5.74) is 0.687. The van der Waals surface area contributed by atoms with E-state index in [0.29, 0.717) is 10.6 Å². The molecule has 7 heteroatoms. The number of ether oxygens (including phenoxy) is 1. The van der Waals surface area contributed by atoms with Crippen molar-refractivity contribution in [2.45, 2.75) is 12.8 Å². The van der Waals surface area contributed by atoms with Gasteiger partial charge in [0.25, 0.3) is 0 Å². The normalized spacial score (nSPS) is 11.4. The minimum atomic E-state index is -4.56. The van der Waals surface area contributed by atoms with Crippen molar-refractivity contribution in [1.29, 1.82) is 0 Å². The first-order chi connectivity index (χ1) is 12.8. The van der Waals surface area contributed by atoms with E-state index in [0.717, 1.165) is 11.6 Å². The predicted molar refractivity (Wildman–Crippen MR) is 99.3 cm³/mol. The van der Waals surface area contributed by atoms with Crippen molar-refractivity contribution in [2.75, 3.05) is 0 Å². The van der Waals surface area contributed by atoms with E-state index in [4.69, 9.17) is 27.9 Å². The maximum Gasteiger partial charge on any atom is 0.417 e. The van der Waals surface area contributed by atoms with Crippen LogP contribution in [0.4, 0.5) is 13.2 Å². The van der Waals surface area contributed by atoms with Gasteiger partial charge in [-0.1, -0.05) is 53.5 Å². The summed E-state index contributed by atoms with van der Waals surface area (Å²) in [6.45, 7) is -0.168. The molecule has 0 aromatic heterocycles. The number of alkyl halides is 3. The second-order valence-corrected chi connectivity index (χ2v) is 6.60. The Labute approximate surface area is 163 Å².